The quantitative estimate of drug-likeness (QED) is 0.787. The van der Waals surface area contributed by atoms with E-state index in [0.29, 0.717) is 11.4 Å². The molecule has 2 heterocycles. The van der Waals surface area contributed by atoms with Gasteiger partial charge >= 0.3 is 0 Å². The Morgan fingerprint density at radius 1 is 1.21 bits per heavy atom. The predicted octanol–water partition coefficient (Wildman–Crippen LogP) is 2.15. The van der Waals surface area contributed by atoms with Crippen molar-refractivity contribution in [1.29, 1.82) is 0 Å². The van der Waals surface area contributed by atoms with Gasteiger partial charge in [-0.3, -0.25) is 9.36 Å². The van der Waals surface area contributed by atoms with Gasteiger partial charge in [-0.05, 0) is 22.0 Å². The lowest BCUT2D eigenvalue weighted by Gasteiger charge is -2.09. The SMILES string of the molecule is Cn1ncc(Br)c1C(O)c1nn(C)c2ccccc12. The minimum atomic E-state index is -0.812. The Balaban J connectivity index is 2.20. The summed E-state index contributed by atoms with van der Waals surface area (Å²) < 4.78 is 4.20. The van der Waals surface area contributed by atoms with Gasteiger partial charge in [0.25, 0.3) is 0 Å². The maximum Gasteiger partial charge on any atom is 0.141 e. The van der Waals surface area contributed by atoms with E-state index in [-0.39, 0.29) is 0 Å². The second-order valence-corrected chi connectivity index (χ2v) is 5.28. The molecule has 0 spiro atoms. The number of halogens is 1. The Morgan fingerprint density at radius 3 is 2.63 bits per heavy atom. The molecule has 3 rings (SSSR count). The van der Waals surface area contributed by atoms with Gasteiger partial charge in [0, 0.05) is 19.5 Å². The van der Waals surface area contributed by atoms with Crippen molar-refractivity contribution < 1.29 is 5.11 Å². The summed E-state index contributed by atoms with van der Waals surface area (Å²) in [6.45, 7) is 0. The number of para-hydroxylation sites is 1. The van der Waals surface area contributed by atoms with Crippen LogP contribution < -0.4 is 0 Å². The van der Waals surface area contributed by atoms with E-state index < -0.39 is 6.10 Å². The van der Waals surface area contributed by atoms with Crippen molar-refractivity contribution in [2.45, 2.75) is 6.10 Å². The van der Waals surface area contributed by atoms with Gasteiger partial charge in [0.1, 0.15) is 11.8 Å². The van der Waals surface area contributed by atoms with Crippen LogP contribution in [-0.2, 0) is 14.1 Å². The van der Waals surface area contributed by atoms with Gasteiger partial charge in [-0.15, -0.1) is 0 Å². The van der Waals surface area contributed by atoms with Gasteiger partial charge < -0.3 is 5.11 Å². The van der Waals surface area contributed by atoms with Crippen molar-refractivity contribution >= 4 is 26.8 Å². The van der Waals surface area contributed by atoms with Crippen LogP contribution in [0.15, 0.2) is 34.9 Å². The third kappa shape index (κ3) is 1.87. The molecular formula is C13H13BrN4O. The maximum atomic E-state index is 10.6. The van der Waals surface area contributed by atoms with Crippen molar-refractivity contribution in [3.05, 3.63) is 46.3 Å². The molecule has 19 heavy (non-hydrogen) atoms. The lowest BCUT2D eigenvalue weighted by molar-refractivity contribution is 0.204. The molecule has 0 radical (unpaired) electrons. The number of aliphatic hydroxyl groups excluding tert-OH is 1. The number of hydrogen-bond acceptors (Lipinski definition) is 3. The third-order valence-corrected chi connectivity index (χ3v) is 3.85. The van der Waals surface area contributed by atoms with Crippen molar-refractivity contribution in [2.75, 3.05) is 0 Å². The fraction of sp³-hybridized carbons (Fsp3) is 0.231. The predicted molar refractivity (Wildman–Crippen MR) is 75.7 cm³/mol. The topological polar surface area (TPSA) is 55.9 Å². The molecule has 6 heteroatoms. The number of benzene rings is 1. The molecule has 0 saturated carbocycles. The molecule has 2 aromatic heterocycles. The molecule has 0 aliphatic carbocycles. The fourth-order valence-electron chi connectivity index (χ4n) is 2.30. The van der Waals surface area contributed by atoms with Crippen molar-refractivity contribution in [2.24, 2.45) is 14.1 Å². The van der Waals surface area contributed by atoms with Crippen LogP contribution in [0.25, 0.3) is 10.9 Å². The summed E-state index contributed by atoms with van der Waals surface area (Å²) in [5.74, 6) is 0. The van der Waals surface area contributed by atoms with E-state index >= 15 is 0 Å². The minimum absolute atomic E-state index is 0.641. The largest absolute Gasteiger partial charge is 0.380 e. The van der Waals surface area contributed by atoms with Crippen LogP contribution in [0.5, 0.6) is 0 Å². The number of nitrogens with zero attached hydrogens (tertiary/aromatic N) is 4. The summed E-state index contributed by atoms with van der Waals surface area (Å²) >= 11 is 3.41. The molecule has 0 fully saturated rings. The van der Waals surface area contributed by atoms with E-state index in [0.717, 1.165) is 15.4 Å². The number of rotatable bonds is 2. The zero-order chi connectivity index (χ0) is 13.6. The first-order chi connectivity index (χ1) is 9.09. The number of fused-ring (bicyclic) bond motifs is 1. The zero-order valence-electron chi connectivity index (χ0n) is 10.6. The monoisotopic (exact) mass is 320 g/mol. The van der Waals surface area contributed by atoms with Crippen LogP contribution in [0.3, 0.4) is 0 Å². The lowest BCUT2D eigenvalue weighted by atomic mass is 10.1. The van der Waals surface area contributed by atoms with Crippen LogP contribution in [0.2, 0.25) is 0 Å². The van der Waals surface area contributed by atoms with E-state index in [4.69, 9.17) is 0 Å². The molecule has 0 bridgehead atoms. The van der Waals surface area contributed by atoms with Gasteiger partial charge in [-0.25, -0.2) is 0 Å². The average Bonchev–Trinajstić information content (AvgIpc) is 2.91. The van der Waals surface area contributed by atoms with Crippen molar-refractivity contribution in [1.82, 2.24) is 19.6 Å². The Morgan fingerprint density at radius 2 is 1.95 bits per heavy atom. The molecule has 1 aromatic carbocycles. The van der Waals surface area contributed by atoms with Gasteiger partial charge in [0.15, 0.2) is 0 Å². The smallest absolute Gasteiger partial charge is 0.141 e. The molecule has 1 unspecified atom stereocenters. The molecule has 98 valence electrons. The first kappa shape index (κ1) is 12.4. The van der Waals surface area contributed by atoms with E-state index in [1.807, 2.05) is 31.3 Å². The molecule has 0 saturated heterocycles. The number of aromatic nitrogens is 4. The fourth-order valence-corrected chi connectivity index (χ4v) is 2.87. The molecule has 1 N–H and O–H groups in total. The molecule has 0 aliphatic rings. The highest BCUT2D eigenvalue weighted by atomic mass is 79.9. The first-order valence-electron chi connectivity index (χ1n) is 5.86. The molecule has 5 nitrogen and oxygen atoms in total. The van der Waals surface area contributed by atoms with E-state index in [1.54, 1.807) is 22.6 Å². The van der Waals surface area contributed by atoms with Crippen molar-refractivity contribution in [3.63, 3.8) is 0 Å². The average molecular weight is 321 g/mol. The molecule has 1 atom stereocenters. The van der Waals surface area contributed by atoms with Gasteiger partial charge in [0.2, 0.25) is 0 Å². The Hall–Kier alpha value is -1.66. The summed E-state index contributed by atoms with van der Waals surface area (Å²) in [6.07, 6.45) is 0.858. The standard InChI is InChI=1S/C13H13BrN4O/c1-17-10-6-4-3-5-8(10)11(16-17)13(19)12-9(14)7-15-18(12)2/h3-7,13,19H,1-2H3. The van der Waals surface area contributed by atoms with E-state index in [2.05, 4.69) is 26.1 Å². The summed E-state index contributed by atoms with van der Waals surface area (Å²) in [5, 5.41) is 20.1. The molecule has 3 aromatic rings. The normalized spacial score (nSPS) is 13.1. The number of aliphatic hydroxyl groups is 1. The summed E-state index contributed by atoms with van der Waals surface area (Å²) in [5.41, 5.74) is 2.33. The Kier molecular flexibility index (Phi) is 2.91. The lowest BCUT2D eigenvalue weighted by Crippen LogP contribution is -2.08. The maximum absolute atomic E-state index is 10.6. The van der Waals surface area contributed by atoms with Crippen LogP contribution in [0.1, 0.15) is 17.5 Å². The van der Waals surface area contributed by atoms with E-state index in [1.165, 1.54) is 0 Å². The van der Waals surface area contributed by atoms with Crippen LogP contribution in [0, 0.1) is 0 Å². The minimum Gasteiger partial charge on any atom is -0.380 e. The molecular weight excluding hydrogens is 308 g/mol. The summed E-state index contributed by atoms with van der Waals surface area (Å²) in [4.78, 5) is 0. The van der Waals surface area contributed by atoms with Crippen LogP contribution >= 0.6 is 15.9 Å². The number of aryl methyl sites for hydroxylation is 2. The third-order valence-electron chi connectivity index (χ3n) is 3.24. The molecule has 0 aliphatic heterocycles. The zero-order valence-corrected chi connectivity index (χ0v) is 12.2. The second-order valence-electron chi connectivity index (χ2n) is 4.43. The van der Waals surface area contributed by atoms with Crippen LogP contribution in [0.4, 0.5) is 0 Å². The second kappa shape index (κ2) is 4.47. The molecule has 0 amide bonds. The highest BCUT2D eigenvalue weighted by Crippen LogP contribution is 2.31. The van der Waals surface area contributed by atoms with Gasteiger partial charge in [0.05, 0.1) is 21.9 Å². The Bertz CT molecular complexity index is 727. The van der Waals surface area contributed by atoms with Crippen LogP contribution in [-0.4, -0.2) is 24.7 Å². The number of hydrogen-bond donors (Lipinski definition) is 1. The summed E-state index contributed by atoms with van der Waals surface area (Å²) in [6, 6.07) is 7.85. The summed E-state index contributed by atoms with van der Waals surface area (Å²) in [7, 11) is 3.67. The first-order valence-corrected chi connectivity index (χ1v) is 6.66. The van der Waals surface area contributed by atoms with Gasteiger partial charge in [-0.2, -0.15) is 10.2 Å². The van der Waals surface area contributed by atoms with Gasteiger partial charge in [-0.1, -0.05) is 18.2 Å². The van der Waals surface area contributed by atoms with Crippen molar-refractivity contribution in [3.8, 4) is 0 Å². The highest BCUT2D eigenvalue weighted by molar-refractivity contribution is 9.10. The van der Waals surface area contributed by atoms with E-state index in [9.17, 15) is 5.11 Å². The highest BCUT2D eigenvalue weighted by Gasteiger charge is 2.23. The Labute approximate surface area is 118 Å².